The molecule has 2 amide bonds. The Kier molecular flexibility index (Phi) is 7.53. The van der Waals surface area contributed by atoms with Gasteiger partial charge in [-0.1, -0.05) is 11.6 Å². The number of hydrogen-bond donors (Lipinski definition) is 2. The number of fused-ring (bicyclic) bond motifs is 2. The van der Waals surface area contributed by atoms with Gasteiger partial charge in [0.1, 0.15) is 5.69 Å². The van der Waals surface area contributed by atoms with Gasteiger partial charge >= 0.3 is 6.18 Å². The highest BCUT2D eigenvalue weighted by molar-refractivity contribution is 6.33. The second-order valence-corrected chi connectivity index (χ2v) is 11.0. The maximum atomic E-state index is 13.5. The van der Waals surface area contributed by atoms with Crippen molar-refractivity contribution < 1.29 is 32.2 Å². The molecule has 13 heteroatoms. The molecule has 5 rings (SSSR count). The van der Waals surface area contributed by atoms with Crippen molar-refractivity contribution in [2.24, 2.45) is 5.92 Å². The maximum Gasteiger partial charge on any atom is 0.417 e. The number of alkyl halides is 3. The predicted molar refractivity (Wildman–Crippen MR) is 135 cm³/mol. The van der Waals surface area contributed by atoms with Crippen molar-refractivity contribution in [3.05, 3.63) is 29.0 Å². The number of carbonyl (C=O) groups is 2. The first-order valence-corrected chi connectivity index (χ1v) is 13.4. The van der Waals surface area contributed by atoms with Gasteiger partial charge in [-0.25, -0.2) is 4.98 Å². The van der Waals surface area contributed by atoms with Crippen LogP contribution >= 0.6 is 11.6 Å². The third kappa shape index (κ3) is 5.20. The first-order chi connectivity index (χ1) is 18.5. The number of hydrogen-bond acceptors (Lipinski definition) is 6. The number of rotatable bonds is 6. The van der Waals surface area contributed by atoms with E-state index < -0.39 is 11.8 Å². The van der Waals surface area contributed by atoms with Crippen LogP contribution in [0, 0.1) is 5.92 Å². The Balaban J connectivity index is 1.20. The molecule has 2 bridgehead atoms. The van der Waals surface area contributed by atoms with Crippen molar-refractivity contribution in [1.82, 2.24) is 25.4 Å². The average Bonchev–Trinajstić information content (AvgIpc) is 3.50. The summed E-state index contributed by atoms with van der Waals surface area (Å²) in [4.78, 5) is 32.4. The molecule has 39 heavy (non-hydrogen) atoms. The Labute approximate surface area is 228 Å². The zero-order valence-corrected chi connectivity index (χ0v) is 22.4. The molecule has 1 saturated carbocycles. The van der Waals surface area contributed by atoms with Crippen molar-refractivity contribution >= 4 is 23.4 Å². The van der Waals surface area contributed by atoms with Crippen LogP contribution in [0.1, 0.15) is 61.9 Å². The minimum Gasteiger partial charge on any atom is -0.481 e. The van der Waals surface area contributed by atoms with Gasteiger partial charge < -0.3 is 19.7 Å². The van der Waals surface area contributed by atoms with E-state index >= 15 is 0 Å². The van der Waals surface area contributed by atoms with Crippen LogP contribution in [0.5, 0.6) is 5.88 Å². The van der Waals surface area contributed by atoms with Crippen LogP contribution in [0.2, 0.25) is 5.02 Å². The fraction of sp³-hybridized carbons (Fsp3) is 0.615. The molecule has 212 valence electrons. The Bertz CT molecular complexity index is 1220. The van der Waals surface area contributed by atoms with E-state index in [1.165, 1.54) is 13.3 Å². The fourth-order valence-corrected chi connectivity index (χ4v) is 6.51. The number of ether oxygens (including phenoxy) is 2. The second kappa shape index (κ2) is 10.6. The number of H-pyrrole nitrogens is 1. The highest BCUT2D eigenvalue weighted by Crippen LogP contribution is 2.44. The lowest BCUT2D eigenvalue weighted by molar-refractivity contribution is -0.280. The lowest BCUT2D eigenvalue weighted by Crippen LogP contribution is -2.54. The van der Waals surface area contributed by atoms with Crippen molar-refractivity contribution in [3.8, 4) is 17.1 Å². The molecule has 9 nitrogen and oxygen atoms in total. The Morgan fingerprint density at radius 1 is 1.13 bits per heavy atom. The molecule has 2 aromatic rings. The zero-order chi connectivity index (χ0) is 27.9. The number of piperidine rings is 1. The van der Waals surface area contributed by atoms with Gasteiger partial charge in [-0.2, -0.15) is 18.3 Å². The predicted octanol–water partition coefficient (Wildman–Crippen LogP) is 4.52. The minimum atomic E-state index is -4.44. The first kappa shape index (κ1) is 27.7. The molecular formula is C26H31ClF3N5O4. The van der Waals surface area contributed by atoms with Crippen LogP contribution in [0.25, 0.3) is 11.3 Å². The van der Waals surface area contributed by atoms with Crippen molar-refractivity contribution in [2.75, 3.05) is 14.2 Å². The zero-order valence-electron chi connectivity index (χ0n) is 21.7. The average molecular weight is 570 g/mol. The Hall–Kier alpha value is -2.86. The van der Waals surface area contributed by atoms with Crippen LogP contribution in [-0.2, 0) is 9.53 Å². The molecule has 2 N–H and O–H groups in total. The summed E-state index contributed by atoms with van der Waals surface area (Å²) in [7, 11) is 2.58. The summed E-state index contributed by atoms with van der Waals surface area (Å²) in [6, 6.07) is 2.78. The molecule has 2 aliphatic heterocycles. The smallest absolute Gasteiger partial charge is 0.417 e. The highest BCUT2D eigenvalue weighted by atomic mass is 35.5. The van der Waals surface area contributed by atoms with Gasteiger partial charge in [0.15, 0.2) is 5.60 Å². The largest absolute Gasteiger partial charge is 0.481 e. The molecule has 2 saturated heterocycles. The van der Waals surface area contributed by atoms with E-state index in [1.807, 2.05) is 4.90 Å². The van der Waals surface area contributed by atoms with E-state index in [0.29, 0.717) is 40.7 Å². The molecular weight excluding hydrogens is 539 g/mol. The number of carbonyl (C=O) groups excluding carboxylic acids is 2. The third-order valence-corrected chi connectivity index (χ3v) is 8.81. The monoisotopic (exact) mass is 569 g/mol. The summed E-state index contributed by atoms with van der Waals surface area (Å²) < 4.78 is 50.4. The van der Waals surface area contributed by atoms with Gasteiger partial charge in [-0.05, 0) is 57.4 Å². The number of nitrogens with zero attached hydrogens (tertiary/aromatic N) is 3. The van der Waals surface area contributed by atoms with Crippen LogP contribution < -0.4 is 10.1 Å². The fourth-order valence-electron chi connectivity index (χ4n) is 6.31. The van der Waals surface area contributed by atoms with Crippen molar-refractivity contribution in [2.45, 2.75) is 81.3 Å². The van der Waals surface area contributed by atoms with Crippen LogP contribution in [0.3, 0.4) is 0 Å². The lowest BCUT2D eigenvalue weighted by atomic mass is 9.81. The maximum absolute atomic E-state index is 13.5. The molecule has 1 aliphatic carbocycles. The lowest BCUT2D eigenvalue weighted by Gasteiger charge is -2.41. The van der Waals surface area contributed by atoms with E-state index in [0.717, 1.165) is 20.0 Å². The van der Waals surface area contributed by atoms with Crippen LogP contribution in [0.15, 0.2) is 18.3 Å². The number of aromatic nitrogens is 3. The number of amides is 2. The number of halogens is 4. The van der Waals surface area contributed by atoms with Gasteiger partial charge in [0.25, 0.3) is 5.91 Å². The van der Waals surface area contributed by atoms with Crippen LogP contribution in [0.4, 0.5) is 13.2 Å². The topological polar surface area (TPSA) is 109 Å². The standard InChI is InChI=1S/C26H31ClF3N5O4/c1-38-22-11-18(19(27)13-31-22)20-12-21(34-33-20)24(37)35-16-3-4-17(35)10-14(9-16)23(36)32-15-5-7-25(39-2,8-6-15)26(28,29)30/h11-17H,3-10H2,1-2H3,(H,32,36)(H,33,34)/t14?,15?,16-,17+,25?. The summed E-state index contributed by atoms with van der Waals surface area (Å²) in [5, 5.41) is 10.4. The molecule has 3 fully saturated rings. The van der Waals surface area contributed by atoms with Crippen LogP contribution in [-0.4, -0.2) is 76.0 Å². The SMILES string of the molecule is COc1cc(-c2cc(C(=O)N3[C@@H]4CC[C@H]3CC(C(=O)NC3CCC(OC)(C(F)(F)F)CC3)C4)[nH]n2)c(Cl)cn1. The quantitative estimate of drug-likeness (QED) is 0.529. The van der Waals surface area contributed by atoms with Gasteiger partial charge in [0.2, 0.25) is 11.8 Å². The summed E-state index contributed by atoms with van der Waals surface area (Å²) in [6.45, 7) is 0. The normalized spacial score (nSPS) is 28.8. The number of pyridine rings is 1. The molecule has 0 aromatic carbocycles. The molecule has 0 spiro atoms. The Morgan fingerprint density at radius 3 is 2.38 bits per heavy atom. The van der Waals surface area contributed by atoms with Gasteiger partial charge in [-0.3, -0.25) is 14.7 Å². The third-order valence-electron chi connectivity index (χ3n) is 8.51. The summed E-state index contributed by atoms with van der Waals surface area (Å²) in [6.07, 6.45) is -0.321. The van der Waals surface area contributed by atoms with Gasteiger partial charge in [0, 0.05) is 42.8 Å². The van der Waals surface area contributed by atoms with E-state index in [2.05, 4.69) is 20.5 Å². The first-order valence-electron chi connectivity index (χ1n) is 13.1. The molecule has 2 aromatic heterocycles. The number of nitrogens with one attached hydrogen (secondary N) is 2. The number of methoxy groups -OCH3 is 2. The summed E-state index contributed by atoms with van der Waals surface area (Å²) in [5.41, 5.74) is -0.746. The van der Waals surface area contributed by atoms with E-state index in [1.54, 1.807) is 12.1 Å². The van der Waals surface area contributed by atoms with E-state index in [-0.39, 0.29) is 61.5 Å². The van der Waals surface area contributed by atoms with Gasteiger partial charge in [0.05, 0.1) is 24.0 Å². The minimum absolute atomic E-state index is 0.0962. The highest BCUT2D eigenvalue weighted by Gasteiger charge is 2.56. The number of aromatic amines is 1. The van der Waals surface area contributed by atoms with Gasteiger partial charge in [-0.15, -0.1) is 0 Å². The molecule has 4 heterocycles. The molecule has 1 unspecified atom stereocenters. The molecule has 0 radical (unpaired) electrons. The second-order valence-electron chi connectivity index (χ2n) is 10.6. The summed E-state index contributed by atoms with van der Waals surface area (Å²) >= 11 is 6.28. The Morgan fingerprint density at radius 2 is 1.79 bits per heavy atom. The molecule has 3 atom stereocenters. The van der Waals surface area contributed by atoms with E-state index in [9.17, 15) is 22.8 Å². The van der Waals surface area contributed by atoms with Crippen molar-refractivity contribution in [1.29, 1.82) is 0 Å². The van der Waals surface area contributed by atoms with E-state index in [4.69, 9.17) is 21.1 Å². The van der Waals surface area contributed by atoms with Crippen molar-refractivity contribution in [3.63, 3.8) is 0 Å². The molecule has 3 aliphatic rings. The summed E-state index contributed by atoms with van der Waals surface area (Å²) in [5.74, 6) is -0.252.